The number of likely N-dealkylation sites (tertiary alicyclic amines) is 1. The topological polar surface area (TPSA) is 119 Å². The van der Waals surface area contributed by atoms with Crippen molar-refractivity contribution in [2.24, 2.45) is 0 Å². The molecule has 0 aliphatic carbocycles. The summed E-state index contributed by atoms with van der Waals surface area (Å²) in [5, 5.41) is 2.86. The highest BCUT2D eigenvalue weighted by Gasteiger charge is 2.34. The fourth-order valence-electron chi connectivity index (χ4n) is 5.01. The molecule has 3 aromatic rings. The Balaban J connectivity index is 1.02. The first kappa shape index (κ1) is 23.7. The van der Waals surface area contributed by atoms with E-state index in [4.69, 9.17) is 9.47 Å². The number of amides is 2. The molecule has 12 heteroatoms. The summed E-state index contributed by atoms with van der Waals surface area (Å²) in [5.41, 5.74) is 2.48. The third-order valence-electron chi connectivity index (χ3n) is 6.90. The van der Waals surface area contributed by atoms with Crippen LogP contribution in [0.4, 0.5) is 16.2 Å². The number of nitrogens with zero attached hydrogens (tertiary/aromatic N) is 5. The normalized spacial score (nSPS) is 19.9. The van der Waals surface area contributed by atoms with Gasteiger partial charge in [0.1, 0.15) is 11.6 Å². The van der Waals surface area contributed by atoms with Gasteiger partial charge in [0.2, 0.25) is 11.8 Å². The lowest BCUT2D eigenvalue weighted by atomic mass is 10.1. The molecule has 2 aromatic heterocycles. The van der Waals surface area contributed by atoms with Gasteiger partial charge in [-0.2, -0.15) is 4.98 Å². The van der Waals surface area contributed by atoms with Gasteiger partial charge in [-0.15, -0.1) is 11.8 Å². The third kappa shape index (κ3) is 4.62. The number of cyclic esters (lactones) is 1. The Kier molecular flexibility index (Phi) is 6.21. The molecule has 2 fully saturated rings. The summed E-state index contributed by atoms with van der Waals surface area (Å²) < 4.78 is 12.5. The van der Waals surface area contributed by atoms with Crippen LogP contribution in [0.25, 0.3) is 11.2 Å². The maximum Gasteiger partial charge on any atom is 0.414 e. The highest BCUT2D eigenvalue weighted by Crippen LogP contribution is 2.36. The summed E-state index contributed by atoms with van der Waals surface area (Å²) in [4.78, 5) is 50.3. The molecule has 11 nitrogen and oxygen atoms in total. The van der Waals surface area contributed by atoms with Gasteiger partial charge < -0.3 is 14.8 Å². The second kappa shape index (κ2) is 9.67. The second-order valence-electron chi connectivity index (χ2n) is 9.35. The van der Waals surface area contributed by atoms with Crippen LogP contribution in [0.5, 0.6) is 5.88 Å². The minimum absolute atomic E-state index is 0.0278. The van der Waals surface area contributed by atoms with Crippen LogP contribution in [0.2, 0.25) is 0 Å². The first-order valence-electron chi connectivity index (χ1n) is 12.2. The van der Waals surface area contributed by atoms with Crippen molar-refractivity contribution in [2.75, 3.05) is 49.3 Å². The molecular formula is C25H26N6O5S. The number of nitrogens with one attached hydrogen (secondary N) is 1. The fraction of sp³-hybridized carbons (Fsp3) is 0.400. The van der Waals surface area contributed by atoms with Crippen molar-refractivity contribution >= 4 is 46.3 Å². The van der Waals surface area contributed by atoms with Crippen LogP contribution in [0.3, 0.4) is 0 Å². The number of hydrogen-bond donors (Lipinski definition) is 1. The van der Waals surface area contributed by atoms with Crippen molar-refractivity contribution in [3.8, 4) is 5.88 Å². The molecule has 2 saturated heterocycles. The van der Waals surface area contributed by atoms with Crippen LogP contribution in [0.15, 0.2) is 46.2 Å². The Bertz CT molecular complexity index is 1440. The predicted octanol–water partition coefficient (Wildman–Crippen LogP) is 2.51. The molecule has 3 aliphatic rings. The molecule has 0 radical (unpaired) electrons. The SMILES string of the molecule is COc1ccc2ncc(=O)n(C3CN(CCC[C@@H]4CN(c5ccc6c(c5)NC(=O)CS6)C(=O)O4)C3)c2n1. The molecule has 0 saturated carbocycles. The Labute approximate surface area is 216 Å². The number of carbonyl (C=O) groups excluding carboxylic acids is 2. The van der Waals surface area contributed by atoms with Gasteiger partial charge in [-0.1, -0.05) is 0 Å². The van der Waals surface area contributed by atoms with Crippen molar-refractivity contribution in [2.45, 2.75) is 29.9 Å². The number of rotatable bonds is 7. The van der Waals surface area contributed by atoms with Crippen LogP contribution in [-0.2, 0) is 9.53 Å². The van der Waals surface area contributed by atoms with Gasteiger partial charge in [0, 0.05) is 29.7 Å². The number of hydrogen-bond acceptors (Lipinski definition) is 9. The Morgan fingerprint density at radius 3 is 2.86 bits per heavy atom. The maximum atomic E-state index is 12.6. The van der Waals surface area contributed by atoms with Crippen LogP contribution in [-0.4, -0.2) is 76.6 Å². The average Bonchev–Trinajstić information content (AvgIpc) is 3.25. The van der Waals surface area contributed by atoms with Gasteiger partial charge in [0.15, 0.2) is 5.65 Å². The molecule has 6 rings (SSSR count). The van der Waals surface area contributed by atoms with E-state index in [1.165, 1.54) is 18.0 Å². The molecule has 0 spiro atoms. The smallest absolute Gasteiger partial charge is 0.414 e. The molecule has 192 valence electrons. The summed E-state index contributed by atoms with van der Waals surface area (Å²) >= 11 is 1.49. The number of carbonyl (C=O) groups is 2. The summed E-state index contributed by atoms with van der Waals surface area (Å²) in [5.74, 6) is 0.811. The van der Waals surface area contributed by atoms with Crippen molar-refractivity contribution in [3.05, 3.63) is 46.9 Å². The van der Waals surface area contributed by atoms with E-state index in [0.717, 1.165) is 48.7 Å². The number of pyridine rings is 1. The number of methoxy groups -OCH3 is 1. The summed E-state index contributed by atoms with van der Waals surface area (Å²) in [6.07, 6.45) is 2.41. The standard InChI is InChI=1S/C25H26N6O5S/c1-35-22-7-5-18-24(28-22)31(23(33)10-26-18)16-11-29(12-16)8-2-3-17-13-30(25(34)36-17)15-4-6-20-19(9-15)27-21(32)14-37-20/h4-7,9-10,16-17H,2-3,8,11-14H2,1H3,(H,27,32)/t17-/m1/s1. The second-order valence-corrected chi connectivity index (χ2v) is 10.4. The van der Waals surface area contributed by atoms with E-state index in [0.29, 0.717) is 29.3 Å². The zero-order valence-corrected chi connectivity index (χ0v) is 21.1. The number of aromatic nitrogens is 3. The van der Waals surface area contributed by atoms with Crippen LogP contribution >= 0.6 is 11.8 Å². The lowest BCUT2D eigenvalue weighted by molar-refractivity contribution is -0.113. The molecule has 0 unspecified atom stereocenters. The van der Waals surface area contributed by atoms with E-state index in [-0.39, 0.29) is 29.7 Å². The lowest BCUT2D eigenvalue weighted by Gasteiger charge is -2.40. The number of thioether (sulfide) groups is 1. The molecule has 3 aliphatic heterocycles. The monoisotopic (exact) mass is 522 g/mol. The number of benzene rings is 1. The first-order valence-corrected chi connectivity index (χ1v) is 13.2. The highest BCUT2D eigenvalue weighted by atomic mass is 32.2. The Morgan fingerprint density at radius 1 is 1.16 bits per heavy atom. The van der Waals surface area contributed by atoms with Gasteiger partial charge in [-0.3, -0.25) is 24.0 Å². The van der Waals surface area contributed by atoms with Crippen LogP contribution < -0.4 is 20.5 Å². The van der Waals surface area contributed by atoms with E-state index in [2.05, 4.69) is 20.2 Å². The quantitative estimate of drug-likeness (QED) is 0.499. The van der Waals surface area contributed by atoms with E-state index in [1.807, 2.05) is 18.2 Å². The number of anilines is 2. The van der Waals surface area contributed by atoms with Crippen molar-refractivity contribution in [1.82, 2.24) is 19.4 Å². The first-order chi connectivity index (χ1) is 18.0. The highest BCUT2D eigenvalue weighted by molar-refractivity contribution is 8.00. The van der Waals surface area contributed by atoms with Gasteiger partial charge in [0.05, 0.1) is 37.3 Å². The molecule has 0 bridgehead atoms. The maximum absolute atomic E-state index is 12.6. The van der Waals surface area contributed by atoms with E-state index in [9.17, 15) is 14.4 Å². The number of ether oxygens (including phenoxy) is 2. The molecule has 37 heavy (non-hydrogen) atoms. The van der Waals surface area contributed by atoms with Gasteiger partial charge in [0.25, 0.3) is 5.56 Å². The van der Waals surface area contributed by atoms with E-state index >= 15 is 0 Å². The average molecular weight is 523 g/mol. The summed E-state index contributed by atoms with van der Waals surface area (Å²) in [7, 11) is 1.55. The molecular weight excluding hydrogens is 496 g/mol. The Hall–Kier alpha value is -3.64. The van der Waals surface area contributed by atoms with Crippen LogP contribution in [0.1, 0.15) is 18.9 Å². The van der Waals surface area contributed by atoms with Gasteiger partial charge >= 0.3 is 6.09 Å². The molecule has 5 heterocycles. The van der Waals surface area contributed by atoms with Crippen molar-refractivity contribution in [3.63, 3.8) is 0 Å². The van der Waals surface area contributed by atoms with Crippen LogP contribution in [0, 0.1) is 0 Å². The zero-order valence-electron chi connectivity index (χ0n) is 20.3. The van der Waals surface area contributed by atoms with E-state index < -0.39 is 0 Å². The van der Waals surface area contributed by atoms with Crippen molar-refractivity contribution in [1.29, 1.82) is 0 Å². The third-order valence-corrected chi connectivity index (χ3v) is 7.98. The summed E-state index contributed by atoms with van der Waals surface area (Å²) in [6, 6.07) is 9.22. The number of fused-ring (bicyclic) bond motifs is 2. The Morgan fingerprint density at radius 2 is 2.03 bits per heavy atom. The van der Waals surface area contributed by atoms with Gasteiger partial charge in [-0.25, -0.2) is 9.78 Å². The molecule has 1 atom stereocenters. The van der Waals surface area contributed by atoms with Gasteiger partial charge in [-0.05, 0) is 43.7 Å². The fourth-order valence-corrected chi connectivity index (χ4v) is 5.80. The largest absolute Gasteiger partial charge is 0.481 e. The molecule has 1 aromatic carbocycles. The lowest BCUT2D eigenvalue weighted by Crippen LogP contribution is -2.50. The van der Waals surface area contributed by atoms with E-state index in [1.54, 1.807) is 28.7 Å². The molecule has 1 N–H and O–H groups in total. The predicted molar refractivity (Wildman–Crippen MR) is 138 cm³/mol. The van der Waals surface area contributed by atoms with Crippen molar-refractivity contribution < 1.29 is 19.1 Å². The minimum Gasteiger partial charge on any atom is -0.481 e. The minimum atomic E-state index is -0.365. The zero-order chi connectivity index (χ0) is 25.5. The molecule has 2 amide bonds. The summed E-state index contributed by atoms with van der Waals surface area (Å²) in [6.45, 7) is 2.81.